The number of aliphatic hydroxyl groups is 3. The summed E-state index contributed by atoms with van der Waals surface area (Å²) in [6.45, 7) is 8.12. The Kier molecular flexibility index (Phi) is 7.63. The monoisotopic (exact) mass is 493 g/mol. The zero-order chi connectivity index (χ0) is 25.7. The van der Waals surface area contributed by atoms with Crippen LogP contribution < -0.4 is 5.32 Å². The Balaban J connectivity index is 1.42. The smallest absolute Gasteiger partial charge is 0.326 e. The summed E-state index contributed by atoms with van der Waals surface area (Å²) in [6.07, 6.45) is 6.72. The standard InChI is InChI=1S/C28H47NO6/c1-15(2)25(26(34)35)29-23(33)7-5-6-16-8-9-19-24-20(14-22(32)28(16,19)4)27(3)11-10-18(30)12-17(27)13-21(24)31/h15-22,24-25,30-32H,5-14H2,1-4H3,(H,29,33)(H,34,35)/t16-,17-,18+,19-,20-,21+,22-,24-,25-,27-,28+/m0/s1. The Bertz CT molecular complexity index is 802. The van der Waals surface area contributed by atoms with Gasteiger partial charge in [-0.25, -0.2) is 4.79 Å². The fourth-order valence-corrected chi connectivity index (χ4v) is 9.03. The van der Waals surface area contributed by atoms with Crippen LogP contribution in [0.25, 0.3) is 0 Å². The number of fused-ring (bicyclic) bond motifs is 5. The molecule has 0 heterocycles. The van der Waals surface area contributed by atoms with Crippen LogP contribution >= 0.6 is 0 Å². The summed E-state index contributed by atoms with van der Waals surface area (Å²) in [4.78, 5) is 23.8. The zero-order valence-corrected chi connectivity index (χ0v) is 21.9. The molecule has 200 valence electrons. The van der Waals surface area contributed by atoms with Crippen LogP contribution in [0, 0.1) is 46.3 Å². The molecule has 0 aliphatic heterocycles. The number of aliphatic carboxylic acids is 1. The lowest BCUT2D eigenvalue weighted by Crippen LogP contribution is -2.62. The van der Waals surface area contributed by atoms with Crippen molar-refractivity contribution in [3.05, 3.63) is 0 Å². The Labute approximate surface area is 210 Å². The predicted octanol–water partition coefficient (Wildman–Crippen LogP) is 3.34. The molecule has 35 heavy (non-hydrogen) atoms. The van der Waals surface area contributed by atoms with E-state index in [0.717, 1.165) is 44.9 Å². The van der Waals surface area contributed by atoms with Crippen LogP contribution in [-0.4, -0.2) is 56.7 Å². The number of carbonyl (C=O) groups excluding carboxylic acids is 1. The normalized spacial score (nSPS) is 45.8. The third-order valence-corrected chi connectivity index (χ3v) is 11.2. The van der Waals surface area contributed by atoms with Gasteiger partial charge in [0.1, 0.15) is 6.04 Å². The lowest BCUT2D eigenvalue weighted by atomic mass is 9.43. The zero-order valence-electron chi connectivity index (χ0n) is 21.9. The molecule has 4 rings (SSSR count). The van der Waals surface area contributed by atoms with Crippen LogP contribution in [0.2, 0.25) is 0 Å². The quantitative estimate of drug-likeness (QED) is 0.370. The molecule has 0 bridgehead atoms. The summed E-state index contributed by atoms with van der Waals surface area (Å²) < 4.78 is 0. The molecule has 1 amide bonds. The maximum absolute atomic E-state index is 12.4. The van der Waals surface area contributed by atoms with Crippen molar-refractivity contribution in [2.75, 3.05) is 0 Å². The van der Waals surface area contributed by atoms with Crippen LogP contribution in [0.5, 0.6) is 0 Å². The van der Waals surface area contributed by atoms with E-state index in [0.29, 0.717) is 31.1 Å². The van der Waals surface area contributed by atoms with Gasteiger partial charge in [0, 0.05) is 6.42 Å². The number of hydrogen-bond acceptors (Lipinski definition) is 5. The summed E-state index contributed by atoms with van der Waals surface area (Å²) in [5.74, 6) is -0.0529. The highest BCUT2D eigenvalue weighted by atomic mass is 16.4. The molecule has 0 aromatic rings. The second kappa shape index (κ2) is 9.94. The Morgan fingerprint density at radius 1 is 1.00 bits per heavy atom. The third kappa shape index (κ3) is 4.66. The van der Waals surface area contributed by atoms with Crippen LogP contribution in [0.3, 0.4) is 0 Å². The average Bonchev–Trinajstić information content (AvgIpc) is 3.11. The second-order valence-corrected chi connectivity index (χ2v) is 13.1. The van der Waals surface area contributed by atoms with Crippen molar-refractivity contribution in [1.29, 1.82) is 0 Å². The van der Waals surface area contributed by atoms with E-state index in [1.807, 2.05) is 0 Å². The topological polar surface area (TPSA) is 127 Å². The van der Waals surface area contributed by atoms with Gasteiger partial charge >= 0.3 is 5.97 Å². The van der Waals surface area contributed by atoms with Gasteiger partial charge in [0.25, 0.3) is 0 Å². The van der Waals surface area contributed by atoms with E-state index < -0.39 is 18.1 Å². The molecule has 7 nitrogen and oxygen atoms in total. The Morgan fingerprint density at radius 3 is 2.37 bits per heavy atom. The molecule has 0 unspecified atom stereocenters. The van der Waals surface area contributed by atoms with E-state index in [9.17, 15) is 30.0 Å². The molecule has 4 aliphatic rings. The molecule has 7 heteroatoms. The van der Waals surface area contributed by atoms with E-state index in [1.165, 1.54) is 0 Å². The molecule has 0 spiro atoms. The Morgan fingerprint density at radius 2 is 1.71 bits per heavy atom. The summed E-state index contributed by atoms with van der Waals surface area (Å²) >= 11 is 0. The maximum Gasteiger partial charge on any atom is 0.326 e. The van der Waals surface area contributed by atoms with Gasteiger partial charge in [0.2, 0.25) is 5.91 Å². The van der Waals surface area contributed by atoms with Gasteiger partial charge in [-0.1, -0.05) is 27.7 Å². The molecule has 4 saturated carbocycles. The number of rotatable bonds is 7. The number of carboxylic acid groups (broad SMARTS) is 1. The van der Waals surface area contributed by atoms with Crippen molar-refractivity contribution in [3.8, 4) is 0 Å². The van der Waals surface area contributed by atoms with Gasteiger partial charge in [-0.15, -0.1) is 0 Å². The molecular weight excluding hydrogens is 446 g/mol. The molecule has 0 aromatic heterocycles. The van der Waals surface area contributed by atoms with Crippen LogP contribution in [0.4, 0.5) is 0 Å². The fraction of sp³-hybridized carbons (Fsp3) is 0.929. The van der Waals surface area contributed by atoms with Gasteiger partial charge in [0.15, 0.2) is 0 Å². The summed E-state index contributed by atoms with van der Waals surface area (Å²) in [7, 11) is 0. The first-order valence-electron chi connectivity index (χ1n) is 14.0. The highest BCUT2D eigenvalue weighted by molar-refractivity contribution is 5.83. The van der Waals surface area contributed by atoms with Gasteiger partial charge in [0.05, 0.1) is 18.3 Å². The first kappa shape index (κ1) is 26.9. The van der Waals surface area contributed by atoms with Crippen molar-refractivity contribution < 1.29 is 30.0 Å². The van der Waals surface area contributed by atoms with Crippen molar-refractivity contribution in [1.82, 2.24) is 5.32 Å². The van der Waals surface area contributed by atoms with Gasteiger partial charge in [-0.05, 0) is 104 Å². The number of carboxylic acids is 1. The minimum atomic E-state index is -1.01. The SMILES string of the molecule is CC(C)[C@H](NC(=O)CCC[C@H]1CC[C@H]2[C@@H]3[C@H](O)C[C@@H]4C[C@H](O)CC[C@]4(C)[C@H]3C[C@H](O)[C@]12C)C(=O)O. The van der Waals surface area contributed by atoms with Crippen molar-refractivity contribution in [2.45, 2.75) is 116 Å². The molecule has 0 saturated heterocycles. The maximum atomic E-state index is 12.4. The predicted molar refractivity (Wildman–Crippen MR) is 132 cm³/mol. The molecule has 4 aliphatic carbocycles. The summed E-state index contributed by atoms with van der Waals surface area (Å²) in [6, 6.07) is -0.869. The molecule has 4 fully saturated rings. The van der Waals surface area contributed by atoms with Crippen LogP contribution in [-0.2, 0) is 9.59 Å². The minimum Gasteiger partial charge on any atom is -0.480 e. The third-order valence-electron chi connectivity index (χ3n) is 11.2. The summed E-state index contributed by atoms with van der Waals surface area (Å²) in [5.41, 5.74) is -0.198. The Hall–Kier alpha value is -1.18. The molecule has 11 atom stereocenters. The van der Waals surface area contributed by atoms with Crippen molar-refractivity contribution in [3.63, 3.8) is 0 Å². The number of aliphatic hydroxyl groups excluding tert-OH is 3. The molecule has 5 N–H and O–H groups in total. The van der Waals surface area contributed by atoms with Gasteiger partial charge in [-0.3, -0.25) is 4.79 Å². The molecule has 0 aromatic carbocycles. The number of carbonyl (C=O) groups is 2. The summed E-state index contributed by atoms with van der Waals surface area (Å²) in [5, 5.41) is 45.1. The average molecular weight is 494 g/mol. The first-order chi connectivity index (χ1) is 16.4. The highest BCUT2D eigenvalue weighted by Gasteiger charge is 2.65. The van der Waals surface area contributed by atoms with Crippen molar-refractivity contribution in [2.24, 2.45) is 46.3 Å². The van der Waals surface area contributed by atoms with Crippen LogP contribution in [0.1, 0.15) is 91.9 Å². The lowest BCUT2D eigenvalue weighted by Gasteiger charge is -2.63. The molecule has 0 radical (unpaired) electrons. The van der Waals surface area contributed by atoms with E-state index in [-0.39, 0.29) is 52.6 Å². The van der Waals surface area contributed by atoms with Gasteiger partial charge in [-0.2, -0.15) is 0 Å². The number of amides is 1. The second-order valence-electron chi connectivity index (χ2n) is 13.1. The lowest BCUT2D eigenvalue weighted by molar-refractivity contribution is -0.204. The van der Waals surface area contributed by atoms with E-state index in [1.54, 1.807) is 13.8 Å². The minimum absolute atomic E-state index is 0.0682. The highest BCUT2D eigenvalue weighted by Crippen LogP contribution is 2.67. The number of hydrogen-bond donors (Lipinski definition) is 5. The van der Waals surface area contributed by atoms with Crippen LogP contribution in [0.15, 0.2) is 0 Å². The van der Waals surface area contributed by atoms with E-state index in [2.05, 4.69) is 19.2 Å². The largest absolute Gasteiger partial charge is 0.480 e. The fourth-order valence-electron chi connectivity index (χ4n) is 9.03. The van der Waals surface area contributed by atoms with E-state index >= 15 is 0 Å². The number of nitrogens with one attached hydrogen (secondary N) is 1. The first-order valence-corrected chi connectivity index (χ1v) is 14.0. The molecular formula is C28H47NO6. The van der Waals surface area contributed by atoms with Crippen molar-refractivity contribution >= 4 is 11.9 Å². The van der Waals surface area contributed by atoms with E-state index in [4.69, 9.17) is 0 Å². The van der Waals surface area contributed by atoms with Gasteiger partial charge < -0.3 is 25.7 Å².